The number of hydrogen-bond acceptors (Lipinski definition) is 5. The van der Waals surface area contributed by atoms with Crippen molar-refractivity contribution >= 4 is 11.9 Å². The van der Waals surface area contributed by atoms with Gasteiger partial charge in [-0.25, -0.2) is 0 Å². The highest BCUT2D eigenvalue weighted by molar-refractivity contribution is 5.71. The SMILES string of the molecule is CC/C=C\C/C=C\C/C=C\C/C=C\C/C=C\C/C=C\CCC(=O)OCC(COCCCCCCCCC/C=C\C/C=C\C/C=C\CCCCC)OC(=O)C/C=C\C/C=C\C/C=C\C/C=C\C/C=C\CC. The van der Waals surface area contributed by atoms with Crippen molar-refractivity contribution in [2.75, 3.05) is 19.8 Å². The Hall–Kier alpha value is -4.74. The average Bonchev–Trinajstić information content (AvgIpc) is 3.36. The summed E-state index contributed by atoms with van der Waals surface area (Å²) in [6.07, 6.45) is 88.4. The first kappa shape index (κ1) is 65.3. The topological polar surface area (TPSA) is 61.8 Å². The highest BCUT2D eigenvalue weighted by Gasteiger charge is 2.17. The Kier molecular flexibility index (Phi) is 54.6. The monoisotopic (exact) mass is 961 g/mol. The minimum Gasteiger partial charge on any atom is -0.462 e. The molecule has 0 saturated carbocycles. The lowest BCUT2D eigenvalue weighted by atomic mass is 10.1. The molecule has 0 bridgehead atoms. The highest BCUT2D eigenvalue weighted by Crippen LogP contribution is 2.11. The van der Waals surface area contributed by atoms with Crippen LogP contribution in [0.2, 0.25) is 0 Å². The molecule has 0 aromatic rings. The lowest BCUT2D eigenvalue weighted by Gasteiger charge is -2.18. The van der Waals surface area contributed by atoms with Crippen LogP contribution in [0.1, 0.15) is 201 Å². The smallest absolute Gasteiger partial charge is 0.310 e. The Morgan fingerprint density at radius 3 is 1.10 bits per heavy atom. The maximum atomic E-state index is 12.8. The highest BCUT2D eigenvalue weighted by atomic mass is 16.6. The van der Waals surface area contributed by atoms with Crippen LogP contribution in [0, 0.1) is 0 Å². The van der Waals surface area contributed by atoms with Crippen LogP contribution in [0.15, 0.2) is 170 Å². The maximum Gasteiger partial charge on any atom is 0.310 e. The third-order valence-corrected chi connectivity index (χ3v) is 10.8. The summed E-state index contributed by atoms with van der Waals surface area (Å²) in [6, 6.07) is 0. The van der Waals surface area contributed by atoms with Crippen LogP contribution >= 0.6 is 0 Å². The molecule has 0 fully saturated rings. The summed E-state index contributed by atoms with van der Waals surface area (Å²) in [5.74, 6) is -0.661. The molecule has 0 spiro atoms. The van der Waals surface area contributed by atoms with Gasteiger partial charge in [-0.1, -0.05) is 236 Å². The number of hydrogen-bond donors (Lipinski definition) is 0. The Bertz CT molecular complexity index is 1600. The van der Waals surface area contributed by atoms with Crippen molar-refractivity contribution in [2.24, 2.45) is 0 Å². The number of ether oxygens (including phenoxy) is 3. The first-order valence-corrected chi connectivity index (χ1v) is 27.7. The van der Waals surface area contributed by atoms with Gasteiger partial charge in [-0.3, -0.25) is 9.59 Å². The molecular formula is C65H100O5. The lowest BCUT2D eigenvalue weighted by Crippen LogP contribution is -2.29. The number of carbonyl (C=O) groups excluding carboxylic acids is 2. The number of carbonyl (C=O) groups is 2. The van der Waals surface area contributed by atoms with Gasteiger partial charge in [-0.2, -0.15) is 0 Å². The van der Waals surface area contributed by atoms with E-state index in [0.29, 0.717) is 13.0 Å². The van der Waals surface area contributed by atoms with Crippen molar-refractivity contribution in [3.8, 4) is 0 Å². The Morgan fingerprint density at radius 1 is 0.343 bits per heavy atom. The van der Waals surface area contributed by atoms with Gasteiger partial charge in [0.05, 0.1) is 13.0 Å². The first-order valence-electron chi connectivity index (χ1n) is 27.7. The molecule has 5 nitrogen and oxygen atoms in total. The Balaban J connectivity index is 4.55. The predicted molar refractivity (Wildman–Crippen MR) is 306 cm³/mol. The quantitative estimate of drug-likeness (QED) is 0.0345. The van der Waals surface area contributed by atoms with Gasteiger partial charge in [-0.05, 0) is 122 Å². The second-order valence-corrected chi connectivity index (χ2v) is 17.4. The second kappa shape index (κ2) is 58.6. The molecule has 0 aliphatic carbocycles. The summed E-state index contributed by atoms with van der Waals surface area (Å²) in [4.78, 5) is 25.4. The summed E-state index contributed by atoms with van der Waals surface area (Å²) in [5.41, 5.74) is 0. The molecule has 0 aliphatic heterocycles. The molecule has 0 aliphatic rings. The van der Waals surface area contributed by atoms with E-state index in [1.165, 1.54) is 57.8 Å². The van der Waals surface area contributed by atoms with Crippen LogP contribution in [-0.4, -0.2) is 37.9 Å². The van der Waals surface area contributed by atoms with Crippen LogP contribution in [0.3, 0.4) is 0 Å². The summed E-state index contributed by atoms with van der Waals surface area (Å²) in [7, 11) is 0. The van der Waals surface area contributed by atoms with Crippen molar-refractivity contribution in [1.29, 1.82) is 0 Å². The van der Waals surface area contributed by atoms with E-state index < -0.39 is 6.10 Å². The van der Waals surface area contributed by atoms with E-state index in [2.05, 4.69) is 173 Å². The van der Waals surface area contributed by atoms with Crippen molar-refractivity contribution in [3.05, 3.63) is 170 Å². The van der Waals surface area contributed by atoms with Crippen LogP contribution in [-0.2, 0) is 23.8 Å². The van der Waals surface area contributed by atoms with Gasteiger partial charge in [0, 0.05) is 13.0 Å². The van der Waals surface area contributed by atoms with Crippen LogP contribution in [0.5, 0.6) is 0 Å². The fourth-order valence-corrected chi connectivity index (χ4v) is 6.73. The maximum absolute atomic E-state index is 12.8. The fraction of sp³-hybridized carbons (Fsp3) is 0.538. The second-order valence-electron chi connectivity index (χ2n) is 17.4. The Morgan fingerprint density at radius 2 is 0.686 bits per heavy atom. The van der Waals surface area contributed by atoms with E-state index in [4.69, 9.17) is 14.2 Å². The van der Waals surface area contributed by atoms with Crippen LogP contribution < -0.4 is 0 Å². The van der Waals surface area contributed by atoms with Gasteiger partial charge in [0.1, 0.15) is 6.61 Å². The van der Waals surface area contributed by atoms with Gasteiger partial charge in [-0.15, -0.1) is 0 Å². The third kappa shape index (κ3) is 55.9. The molecule has 0 radical (unpaired) electrons. The minimum absolute atomic E-state index is 0.0112. The molecule has 0 aromatic carbocycles. The standard InChI is InChI=1S/C65H100O5/c1-4-7-10-13-16-19-22-25-28-30-32-34-36-39-42-45-48-51-54-57-60-68-61-63(70-65(67)59-56-53-50-47-44-41-37-27-24-21-18-15-12-9-6-3)62-69-64(66)58-55-52-49-46-43-40-38-35-33-31-29-26-23-20-17-14-11-8-5-2/h8-9,11-12,16-21,25-29,32-35,37,40,43-44,47,49,52-53,56,63H,4-7,10,13-15,22-24,30-31,36,38-39,41-42,45-46,48,50-51,54-55,57-62H2,1-3H3/b11-8-,12-9-,19-16-,20-17-,21-18-,28-25-,29-26-,34-32-,35-33-,37-27-,43-40-,47-44-,52-49-,56-53-. The molecule has 5 heteroatoms. The number of unbranched alkanes of at least 4 members (excludes halogenated alkanes) is 10. The largest absolute Gasteiger partial charge is 0.462 e. The summed E-state index contributed by atoms with van der Waals surface area (Å²) < 4.78 is 17.3. The summed E-state index contributed by atoms with van der Waals surface area (Å²) >= 11 is 0. The molecule has 0 amide bonds. The molecule has 70 heavy (non-hydrogen) atoms. The first-order chi connectivity index (χ1) is 34.6. The summed E-state index contributed by atoms with van der Waals surface area (Å²) in [5, 5.41) is 0. The molecule has 1 atom stereocenters. The number of rotatable bonds is 48. The van der Waals surface area contributed by atoms with Crippen molar-refractivity contribution in [3.63, 3.8) is 0 Å². The van der Waals surface area contributed by atoms with E-state index in [1.54, 1.807) is 0 Å². The van der Waals surface area contributed by atoms with E-state index in [1.807, 2.05) is 18.2 Å². The Labute approximate surface area is 430 Å². The van der Waals surface area contributed by atoms with E-state index in [9.17, 15) is 9.59 Å². The fourth-order valence-electron chi connectivity index (χ4n) is 6.73. The van der Waals surface area contributed by atoms with Crippen LogP contribution in [0.4, 0.5) is 0 Å². The van der Waals surface area contributed by atoms with Crippen molar-refractivity contribution < 1.29 is 23.8 Å². The molecule has 0 N–H and O–H groups in total. The molecule has 0 saturated heterocycles. The van der Waals surface area contributed by atoms with Crippen molar-refractivity contribution in [2.45, 2.75) is 207 Å². The predicted octanol–water partition coefficient (Wildman–Crippen LogP) is 19.2. The van der Waals surface area contributed by atoms with E-state index >= 15 is 0 Å². The van der Waals surface area contributed by atoms with Crippen molar-refractivity contribution in [1.82, 2.24) is 0 Å². The molecule has 1 unspecified atom stereocenters. The zero-order valence-corrected chi connectivity index (χ0v) is 44.7. The number of esters is 2. The van der Waals surface area contributed by atoms with Gasteiger partial charge >= 0.3 is 11.9 Å². The van der Waals surface area contributed by atoms with Crippen LogP contribution in [0.25, 0.3) is 0 Å². The van der Waals surface area contributed by atoms with E-state index in [-0.39, 0.29) is 38.0 Å². The number of allylic oxidation sites excluding steroid dienone is 27. The molecule has 390 valence electrons. The van der Waals surface area contributed by atoms with Gasteiger partial charge in [0.2, 0.25) is 0 Å². The lowest BCUT2D eigenvalue weighted by molar-refractivity contribution is -0.162. The molecular weight excluding hydrogens is 861 g/mol. The third-order valence-electron chi connectivity index (χ3n) is 10.8. The summed E-state index contributed by atoms with van der Waals surface area (Å²) in [6.45, 7) is 7.33. The minimum atomic E-state index is -0.641. The molecule has 0 rings (SSSR count). The van der Waals surface area contributed by atoms with E-state index in [0.717, 1.165) is 103 Å². The normalized spacial score (nSPS) is 13.6. The zero-order valence-electron chi connectivity index (χ0n) is 44.7. The molecule has 0 heterocycles. The average molecular weight is 962 g/mol. The van der Waals surface area contributed by atoms with Gasteiger partial charge < -0.3 is 14.2 Å². The van der Waals surface area contributed by atoms with Gasteiger partial charge in [0.15, 0.2) is 6.10 Å². The molecule has 0 aromatic heterocycles. The zero-order chi connectivity index (χ0) is 50.6. The van der Waals surface area contributed by atoms with Gasteiger partial charge in [0.25, 0.3) is 0 Å².